The minimum Gasteiger partial charge on any atom is -0.303 e. The first-order valence-corrected chi connectivity index (χ1v) is 9.91. The number of halogens is 1. The maximum atomic E-state index is 5.99. The van der Waals surface area contributed by atoms with E-state index in [4.69, 9.17) is 28.9 Å². The second-order valence-corrected chi connectivity index (χ2v) is 8.15. The molecule has 4 nitrogen and oxygen atoms in total. The van der Waals surface area contributed by atoms with Gasteiger partial charge in [0, 0.05) is 35.1 Å². The first-order chi connectivity index (χ1) is 12.0. The predicted octanol–water partition coefficient (Wildman–Crippen LogP) is 4.91. The van der Waals surface area contributed by atoms with Gasteiger partial charge in [-0.15, -0.1) is 11.3 Å². The second kappa shape index (κ2) is 6.68. The first-order valence-electron chi connectivity index (χ1n) is 8.24. The van der Waals surface area contributed by atoms with Gasteiger partial charge in [-0.1, -0.05) is 11.6 Å². The van der Waals surface area contributed by atoms with E-state index in [-0.39, 0.29) is 0 Å². The number of aromatic nitrogens is 3. The van der Waals surface area contributed by atoms with Crippen molar-refractivity contribution in [3.8, 4) is 11.4 Å². The molecule has 1 aliphatic heterocycles. The van der Waals surface area contributed by atoms with Gasteiger partial charge in [-0.05, 0) is 66.8 Å². The van der Waals surface area contributed by atoms with Crippen molar-refractivity contribution in [1.29, 1.82) is 0 Å². The third-order valence-electron chi connectivity index (χ3n) is 4.86. The molecule has 0 saturated carbocycles. The van der Waals surface area contributed by atoms with Gasteiger partial charge in [0.2, 0.25) is 0 Å². The third-order valence-corrected chi connectivity index (χ3v) is 6.60. The van der Waals surface area contributed by atoms with Gasteiger partial charge in [-0.25, -0.2) is 4.68 Å². The molecule has 3 aromatic rings. The minimum absolute atomic E-state index is 0.387. The molecule has 130 valence electrons. The molecule has 2 aromatic heterocycles. The molecule has 4 rings (SSSR count). The molecule has 0 saturated heterocycles. The van der Waals surface area contributed by atoms with Crippen LogP contribution in [0.1, 0.15) is 23.4 Å². The fourth-order valence-electron chi connectivity index (χ4n) is 3.36. The van der Waals surface area contributed by atoms with Crippen molar-refractivity contribution < 1.29 is 0 Å². The summed E-state index contributed by atoms with van der Waals surface area (Å²) in [5, 5.41) is 7.69. The second-order valence-electron chi connectivity index (χ2n) is 6.35. The van der Waals surface area contributed by atoms with Gasteiger partial charge < -0.3 is 4.57 Å². The standard InChI is InChI=1S/C18H19ClN4S2/c1-12-15-8-10-25-16(15)7-9-22(12)11-23-18(24)21(2)17(20-23)13-3-5-14(19)6-4-13/h3-6,8,10,12H,7,9,11H2,1-2H3/t12-/m1/s1. The molecular formula is C18H19ClN4S2. The lowest BCUT2D eigenvalue weighted by Crippen LogP contribution is -2.35. The van der Waals surface area contributed by atoms with E-state index in [0.717, 1.165) is 34.1 Å². The molecule has 0 radical (unpaired) electrons. The highest BCUT2D eigenvalue weighted by atomic mass is 35.5. The van der Waals surface area contributed by atoms with Crippen LogP contribution in [0.15, 0.2) is 35.7 Å². The highest BCUT2D eigenvalue weighted by molar-refractivity contribution is 7.71. The smallest absolute Gasteiger partial charge is 0.199 e. The number of nitrogens with zero attached hydrogens (tertiary/aromatic N) is 4. The highest BCUT2D eigenvalue weighted by Gasteiger charge is 2.25. The van der Waals surface area contributed by atoms with Crippen LogP contribution in [0.4, 0.5) is 0 Å². The lowest BCUT2D eigenvalue weighted by atomic mass is 10.0. The van der Waals surface area contributed by atoms with Crippen LogP contribution in [0.25, 0.3) is 11.4 Å². The monoisotopic (exact) mass is 390 g/mol. The number of hydrogen-bond acceptors (Lipinski definition) is 4. The van der Waals surface area contributed by atoms with Crippen molar-refractivity contribution in [1.82, 2.24) is 19.2 Å². The number of benzene rings is 1. The predicted molar refractivity (Wildman–Crippen MR) is 106 cm³/mol. The van der Waals surface area contributed by atoms with Crippen molar-refractivity contribution in [3.05, 3.63) is 55.9 Å². The van der Waals surface area contributed by atoms with E-state index >= 15 is 0 Å². The molecule has 0 unspecified atom stereocenters. The Morgan fingerprint density at radius 2 is 2.04 bits per heavy atom. The Kier molecular flexibility index (Phi) is 4.54. The highest BCUT2D eigenvalue weighted by Crippen LogP contribution is 2.33. The zero-order chi connectivity index (χ0) is 17.6. The fraction of sp³-hybridized carbons (Fsp3) is 0.333. The molecule has 1 atom stereocenters. The van der Waals surface area contributed by atoms with Gasteiger partial charge in [0.25, 0.3) is 0 Å². The summed E-state index contributed by atoms with van der Waals surface area (Å²) in [4.78, 5) is 3.94. The summed E-state index contributed by atoms with van der Waals surface area (Å²) in [5.74, 6) is 0.863. The fourth-order valence-corrected chi connectivity index (χ4v) is 4.63. The van der Waals surface area contributed by atoms with Gasteiger partial charge in [0.15, 0.2) is 10.6 Å². The Bertz CT molecular complexity index is 954. The lowest BCUT2D eigenvalue weighted by molar-refractivity contribution is 0.144. The van der Waals surface area contributed by atoms with Crippen LogP contribution in [0.5, 0.6) is 0 Å². The summed E-state index contributed by atoms with van der Waals surface area (Å²) in [7, 11) is 1.96. The van der Waals surface area contributed by atoms with Crippen molar-refractivity contribution in [3.63, 3.8) is 0 Å². The van der Waals surface area contributed by atoms with E-state index in [2.05, 4.69) is 23.3 Å². The molecule has 3 heterocycles. The zero-order valence-electron chi connectivity index (χ0n) is 14.1. The summed E-state index contributed by atoms with van der Waals surface area (Å²) in [6.07, 6.45) is 1.10. The quantitative estimate of drug-likeness (QED) is 0.594. The molecule has 7 heteroatoms. The van der Waals surface area contributed by atoms with E-state index in [9.17, 15) is 0 Å². The number of fused-ring (bicyclic) bond motifs is 1. The third kappa shape index (κ3) is 3.08. The van der Waals surface area contributed by atoms with Crippen molar-refractivity contribution in [2.75, 3.05) is 6.54 Å². The Morgan fingerprint density at radius 3 is 2.80 bits per heavy atom. The van der Waals surface area contributed by atoms with Crippen LogP contribution in [0, 0.1) is 4.77 Å². The first kappa shape index (κ1) is 17.0. The Morgan fingerprint density at radius 1 is 1.28 bits per heavy atom. The van der Waals surface area contributed by atoms with E-state index in [1.165, 1.54) is 10.4 Å². The summed E-state index contributed by atoms with van der Waals surface area (Å²) in [5.41, 5.74) is 2.46. The molecule has 25 heavy (non-hydrogen) atoms. The van der Waals surface area contributed by atoms with Crippen LogP contribution >= 0.6 is 35.2 Å². The van der Waals surface area contributed by atoms with E-state index in [1.807, 2.05) is 51.9 Å². The van der Waals surface area contributed by atoms with Gasteiger partial charge in [-0.2, -0.15) is 5.10 Å². The largest absolute Gasteiger partial charge is 0.303 e. The Hall–Kier alpha value is -1.47. The summed E-state index contributed by atoms with van der Waals surface area (Å²) in [6, 6.07) is 10.3. The lowest BCUT2D eigenvalue weighted by Gasteiger charge is -2.33. The Balaban J connectivity index is 1.63. The average molecular weight is 391 g/mol. The summed E-state index contributed by atoms with van der Waals surface area (Å²) in [6.45, 7) is 4.00. The van der Waals surface area contributed by atoms with Crippen molar-refractivity contribution in [2.24, 2.45) is 7.05 Å². The van der Waals surface area contributed by atoms with Gasteiger partial charge in [0.05, 0.1) is 6.67 Å². The maximum absolute atomic E-state index is 5.99. The summed E-state index contributed by atoms with van der Waals surface area (Å²) < 4.78 is 4.62. The van der Waals surface area contributed by atoms with Crippen LogP contribution in [0.3, 0.4) is 0 Å². The van der Waals surface area contributed by atoms with Gasteiger partial charge in [-0.3, -0.25) is 4.90 Å². The molecule has 0 aliphatic carbocycles. The van der Waals surface area contributed by atoms with Crippen LogP contribution in [-0.2, 0) is 20.1 Å². The molecule has 0 fully saturated rings. The topological polar surface area (TPSA) is 26.0 Å². The molecule has 0 N–H and O–H groups in total. The van der Waals surface area contributed by atoms with Gasteiger partial charge in [0.1, 0.15) is 0 Å². The molecule has 0 spiro atoms. The summed E-state index contributed by atoms with van der Waals surface area (Å²) >= 11 is 13.5. The maximum Gasteiger partial charge on any atom is 0.199 e. The van der Waals surface area contributed by atoms with E-state index < -0.39 is 0 Å². The van der Waals surface area contributed by atoms with Crippen LogP contribution < -0.4 is 0 Å². The molecule has 0 bridgehead atoms. The number of thiophene rings is 1. The van der Waals surface area contributed by atoms with E-state index in [0.29, 0.717) is 12.7 Å². The molecular weight excluding hydrogens is 372 g/mol. The minimum atomic E-state index is 0.387. The van der Waals surface area contributed by atoms with Crippen molar-refractivity contribution >= 4 is 35.2 Å². The molecule has 0 amide bonds. The van der Waals surface area contributed by atoms with Crippen LogP contribution in [-0.4, -0.2) is 25.8 Å². The van der Waals surface area contributed by atoms with Gasteiger partial charge >= 0.3 is 0 Å². The number of rotatable bonds is 3. The molecule has 1 aliphatic rings. The van der Waals surface area contributed by atoms with Crippen molar-refractivity contribution in [2.45, 2.75) is 26.1 Å². The Labute approximate surface area is 161 Å². The van der Waals surface area contributed by atoms with E-state index in [1.54, 1.807) is 0 Å². The zero-order valence-corrected chi connectivity index (χ0v) is 16.5. The SMILES string of the molecule is C[C@@H]1c2ccsc2CCN1Cn1nc(-c2ccc(Cl)cc2)n(C)c1=S. The number of hydrogen-bond donors (Lipinski definition) is 0. The normalized spacial score (nSPS) is 17.6. The van der Waals surface area contributed by atoms with Crippen LogP contribution in [0.2, 0.25) is 5.02 Å². The molecule has 1 aromatic carbocycles. The average Bonchev–Trinajstić information content (AvgIpc) is 3.19.